The van der Waals surface area contributed by atoms with Crippen LogP contribution in [0, 0.1) is 0 Å². The first-order valence-electron chi connectivity index (χ1n) is 7.05. The fourth-order valence-electron chi connectivity index (χ4n) is 1.87. The Labute approximate surface area is 146 Å². The van der Waals surface area contributed by atoms with Crippen LogP contribution in [0.5, 0.6) is 0 Å². The van der Waals surface area contributed by atoms with Crippen LogP contribution in [0.1, 0.15) is 22.3 Å². The highest BCUT2D eigenvalue weighted by atomic mass is 35.5. The molecular weight excluding hydrogens is 357 g/mol. The Morgan fingerprint density at radius 1 is 0.960 bits per heavy atom. The fraction of sp³-hybridized carbons (Fsp3) is 0.118. The van der Waals surface area contributed by atoms with Gasteiger partial charge in [-0.25, -0.2) is 5.43 Å². The standard InChI is InChI=1S/C17H12ClF3N2O2/c18-13-8-6-12(7-9-13)16(25)23-22-14(10-15(24)17(19,20)21)11-4-2-1-3-5-11/h1-9H,10H2,(H,23,25)/b22-14-. The van der Waals surface area contributed by atoms with Crippen molar-refractivity contribution in [1.82, 2.24) is 5.43 Å². The Hall–Kier alpha value is -2.67. The van der Waals surface area contributed by atoms with Crippen molar-refractivity contribution in [3.05, 3.63) is 70.7 Å². The number of rotatable bonds is 5. The first-order valence-corrected chi connectivity index (χ1v) is 7.43. The van der Waals surface area contributed by atoms with Gasteiger partial charge in [-0.2, -0.15) is 18.3 Å². The van der Waals surface area contributed by atoms with Crippen LogP contribution in [0.3, 0.4) is 0 Å². The van der Waals surface area contributed by atoms with Crippen LogP contribution in [-0.4, -0.2) is 23.6 Å². The van der Waals surface area contributed by atoms with Crippen molar-refractivity contribution in [3.8, 4) is 0 Å². The lowest BCUT2D eigenvalue weighted by Gasteiger charge is -2.09. The number of Topliss-reactive ketones (excluding diaryl/α,β-unsaturated/α-hetero) is 1. The van der Waals surface area contributed by atoms with Gasteiger partial charge in [0.15, 0.2) is 0 Å². The molecule has 8 heteroatoms. The maximum absolute atomic E-state index is 12.5. The summed E-state index contributed by atoms with van der Waals surface area (Å²) >= 11 is 5.72. The Morgan fingerprint density at radius 2 is 1.56 bits per heavy atom. The van der Waals surface area contributed by atoms with E-state index in [1.165, 1.54) is 36.4 Å². The molecule has 2 aromatic carbocycles. The molecule has 130 valence electrons. The van der Waals surface area contributed by atoms with E-state index in [-0.39, 0.29) is 11.3 Å². The van der Waals surface area contributed by atoms with E-state index in [2.05, 4.69) is 10.5 Å². The minimum atomic E-state index is -4.98. The lowest BCUT2D eigenvalue weighted by atomic mass is 10.1. The summed E-state index contributed by atoms with van der Waals surface area (Å²) in [6.07, 6.45) is -5.95. The first-order chi connectivity index (χ1) is 11.8. The molecule has 25 heavy (non-hydrogen) atoms. The molecule has 0 radical (unpaired) electrons. The molecule has 0 saturated heterocycles. The summed E-state index contributed by atoms with van der Waals surface area (Å²) < 4.78 is 37.6. The Balaban J connectivity index is 2.22. The van der Waals surface area contributed by atoms with Crippen LogP contribution >= 0.6 is 11.6 Å². The van der Waals surface area contributed by atoms with Gasteiger partial charge in [-0.1, -0.05) is 41.9 Å². The lowest BCUT2D eigenvalue weighted by Crippen LogP contribution is -2.27. The van der Waals surface area contributed by atoms with Crippen molar-refractivity contribution in [3.63, 3.8) is 0 Å². The molecule has 0 aliphatic carbocycles. The van der Waals surface area contributed by atoms with E-state index >= 15 is 0 Å². The zero-order valence-corrected chi connectivity index (χ0v) is 13.4. The van der Waals surface area contributed by atoms with Crippen molar-refractivity contribution >= 4 is 29.0 Å². The highest BCUT2D eigenvalue weighted by Gasteiger charge is 2.38. The van der Waals surface area contributed by atoms with Crippen molar-refractivity contribution in [2.24, 2.45) is 5.10 Å². The molecular formula is C17H12ClF3N2O2. The molecule has 0 aliphatic rings. The summed E-state index contributed by atoms with van der Waals surface area (Å²) in [5, 5.41) is 4.14. The van der Waals surface area contributed by atoms with Crippen LogP contribution in [0.25, 0.3) is 0 Å². The van der Waals surface area contributed by atoms with Gasteiger partial charge in [0.1, 0.15) is 0 Å². The van der Waals surface area contributed by atoms with Crippen molar-refractivity contribution in [2.45, 2.75) is 12.6 Å². The summed E-state index contributed by atoms with van der Waals surface area (Å²) in [6, 6.07) is 13.7. The van der Waals surface area contributed by atoms with E-state index in [0.29, 0.717) is 10.6 Å². The van der Waals surface area contributed by atoms with Gasteiger partial charge < -0.3 is 0 Å². The van der Waals surface area contributed by atoms with Gasteiger partial charge in [0.25, 0.3) is 5.91 Å². The van der Waals surface area contributed by atoms with Gasteiger partial charge in [0.05, 0.1) is 12.1 Å². The Kier molecular flexibility index (Phi) is 5.93. The van der Waals surface area contributed by atoms with E-state index < -0.39 is 24.3 Å². The molecule has 0 unspecified atom stereocenters. The number of carbonyl (C=O) groups is 2. The van der Waals surface area contributed by atoms with Crippen LogP contribution in [0.4, 0.5) is 13.2 Å². The van der Waals surface area contributed by atoms with E-state index in [1.54, 1.807) is 18.2 Å². The summed E-state index contributed by atoms with van der Waals surface area (Å²) in [6.45, 7) is 0. The second kappa shape index (κ2) is 7.94. The third kappa shape index (κ3) is 5.42. The number of amides is 1. The quantitative estimate of drug-likeness (QED) is 0.640. The van der Waals surface area contributed by atoms with E-state index in [9.17, 15) is 22.8 Å². The van der Waals surface area contributed by atoms with Gasteiger partial charge in [0.2, 0.25) is 5.78 Å². The molecule has 1 N–H and O–H groups in total. The average Bonchev–Trinajstić information content (AvgIpc) is 2.58. The number of halogens is 4. The third-order valence-corrected chi connectivity index (χ3v) is 3.40. The topological polar surface area (TPSA) is 58.5 Å². The van der Waals surface area contributed by atoms with Crippen molar-refractivity contribution in [2.75, 3.05) is 0 Å². The number of hydrogen-bond acceptors (Lipinski definition) is 3. The van der Waals surface area contributed by atoms with Gasteiger partial charge >= 0.3 is 6.18 Å². The van der Waals surface area contributed by atoms with Gasteiger partial charge in [0, 0.05) is 10.6 Å². The second-order valence-corrected chi connectivity index (χ2v) is 5.41. The highest BCUT2D eigenvalue weighted by molar-refractivity contribution is 6.30. The summed E-state index contributed by atoms with van der Waals surface area (Å²) in [5.74, 6) is -2.58. The monoisotopic (exact) mass is 368 g/mol. The molecule has 0 saturated carbocycles. The fourth-order valence-corrected chi connectivity index (χ4v) is 2.00. The number of carbonyl (C=O) groups excluding carboxylic acids is 2. The number of benzene rings is 2. The molecule has 0 bridgehead atoms. The molecule has 2 rings (SSSR count). The molecule has 0 aromatic heterocycles. The lowest BCUT2D eigenvalue weighted by molar-refractivity contribution is -0.169. The predicted molar refractivity (Wildman–Crippen MR) is 87.6 cm³/mol. The molecule has 0 atom stereocenters. The molecule has 2 aromatic rings. The smallest absolute Gasteiger partial charge is 0.289 e. The van der Waals surface area contributed by atoms with Crippen molar-refractivity contribution < 1.29 is 22.8 Å². The number of nitrogens with one attached hydrogen (secondary N) is 1. The van der Waals surface area contributed by atoms with Crippen LogP contribution in [-0.2, 0) is 4.79 Å². The number of hydrazone groups is 1. The zero-order valence-electron chi connectivity index (χ0n) is 12.7. The van der Waals surface area contributed by atoms with E-state index in [0.717, 1.165) is 0 Å². The van der Waals surface area contributed by atoms with Crippen molar-refractivity contribution in [1.29, 1.82) is 0 Å². The summed E-state index contributed by atoms with van der Waals surface area (Å²) in [5.41, 5.74) is 2.50. The SMILES string of the molecule is O=C(N/N=C(/CC(=O)C(F)(F)F)c1ccccc1)c1ccc(Cl)cc1. The molecule has 1 amide bonds. The molecule has 0 fully saturated rings. The normalized spacial score (nSPS) is 11.9. The Bertz CT molecular complexity index is 788. The highest BCUT2D eigenvalue weighted by Crippen LogP contribution is 2.19. The summed E-state index contributed by atoms with van der Waals surface area (Å²) in [7, 11) is 0. The van der Waals surface area contributed by atoms with E-state index in [1.807, 2.05) is 0 Å². The number of hydrogen-bond donors (Lipinski definition) is 1. The molecule has 0 spiro atoms. The van der Waals surface area contributed by atoms with E-state index in [4.69, 9.17) is 11.6 Å². The summed E-state index contributed by atoms with van der Waals surface area (Å²) in [4.78, 5) is 23.3. The second-order valence-electron chi connectivity index (χ2n) is 4.97. The zero-order chi connectivity index (χ0) is 18.4. The van der Waals surface area contributed by atoms with Crippen LogP contribution in [0.15, 0.2) is 59.7 Å². The van der Waals surface area contributed by atoms with Gasteiger partial charge in [-0.3, -0.25) is 9.59 Å². The Morgan fingerprint density at radius 3 is 2.12 bits per heavy atom. The molecule has 4 nitrogen and oxygen atoms in total. The van der Waals surface area contributed by atoms with Crippen LogP contribution in [0.2, 0.25) is 5.02 Å². The number of ketones is 1. The predicted octanol–water partition coefficient (Wildman–Crippen LogP) is 4.00. The third-order valence-electron chi connectivity index (χ3n) is 3.15. The first kappa shape index (κ1) is 18.7. The van der Waals surface area contributed by atoms with Gasteiger partial charge in [-0.05, 0) is 29.8 Å². The maximum atomic E-state index is 12.5. The maximum Gasteiger partial charge on any atom is 0.450 e. The minimum absolute atomic E-state index is 0.190. The number of nitrogens with zero attached hydrogens (tertiary/aromatic N) is 1. The average molecular weight is 369 g/mol. The number of alkyl halides is 3. The van der Waals surface area contributed by atoms with Crippen LogP contribution < -0.4 is 5.43 Å². The van der Waals surface area contributed by atoms with Gasteiger partial charge in [-0.15, -0.1) is 0 Å². The largest absolute Gasteiger partial charge is 0.450 e. The molecule has 0 heterocycles. The molecule has 0 aliphatic heterocycles. The minimum Gasteiger partial charge on any atom is -0.289 e.